The van der Waals surface area contributed by atoms with Crippen LogP contribution in [-0.4, -0.2) is 26.2 Å². The zero-order valence-electron chi connectivity index (χ0n) is 12.4. The highest BCUT2D eigenvalue weighted by Crippen LogP contribution is 2.33. The predicted octanol–water partition coefficient (Wildman–Crippen LogP) is 3.04. The van der Waals surface area contributed by atoms with Crippen LogP contribution in [0, 0.1) is 5.92 Å². The molecule has 0 heterocycles. The van der Waals surface area contributed by atoms with Gasteiger partial charge in [0, 0.05) is 19.1 Å². The monoisotopic (exact) mass is 262 g/mol. The van der Waals surface area contributed by atoms with Gasteiger partial charge in [0.05, 0.1) is 12.8 Å². The van der Waals surface area contributed by atoms with Crippen LogP contribution in [0.4, 0.5) is 5.69 Å². The zero-order valence-corrected chi connectivity index (χ0v) is 12.4. The summed E-state index contributed by atoms with van der Waals surface area (Å²) in [5.41, 5.74) is 7.65. The molecule has 0 radical (unpaired) electrons. The molecule has 19 heavy (non-hydrogen) atoms. The largest absolute Gasteiger partial charge is 0.495 e. The Balaban J connectivity index is 2.09. The van der Waals surface area contributed by atoms with Gasteiger partial charge in [-0.3, -0.25) is 0 Å². The van der Waals surface area contributed by atoms with Gasteiger partial charge in [-0.1, -0.05) is 31.9 Å². The molecule has 2 atom stereocenters. The summed E-state index contributed by atoms with van der Waals surface area (Å²) in [4.78, 5) is 2.23. The number of hydrogen-bond donors (Lipinski definition) is 1. The molecule has 3 nitrogen and oxygen atoms in total. The Hall–Kier alpha value is -1.22. The van der Waals surface area contributed by atoms with E-state index >= 15 is 0 Å². The Morgan fingerprint density at radius 2 is 2.16 bits per heavy atom. The molecule has 1 aromatic carbocycles. The summed E-state index contributed by atoms with van der Waals surface area (Å²) >= 11 is 0. The second-order valence-corrected chi connectivity index (χ2v) is 6.09. The van der Waals surface area contributed by atoms with Crippen molar-refractivity contribution >= 4 is 5.69 Å². The van der Waals surface area contributed by atoms with Crippen LogP contribution in [0.1, 0.15) is 32.6 Å². The zero-order chi connectivity index (χ0) is 13.9. The van der Waals surface area contributed by atoms with Crippen molar-refractivity contribution in [2.75, 3.05) is 25.6 Å². The van der Waals surface area contributed by atoms with E-state index in [0.29, 0.717) is 0 Å². The van der Waals surface area contributed by atoms with Crippen LogP contribution in [0.25, 0.3) is 0 Å². The summed E-state index contributed by atoms with van der Waals surface area (Å²) in [6.07, 6.45) is 4.80. The number of likely N-dealkylation sites (N-methyl/N-ethyl adjacent to an activating group) is 1. The normalized spacial score (nSPS) is 27.1. The van der Waals surface area contributed by atoms with Gasteiger partial charge in [-0.05, 0) is 30.9 Å². The second-order valence-electron chi connectivity index (χ2n) is 6.09. The SMILES string of the molecule is COc1ccccc1N(C)CC1(N)CCCC(C)C1. The number of methoxy groups -OCH3 is 1. The van der Waals surface area contributed by atoms with Crippen LogP contribution in [0.5, 0.6) is 5.75 Å². The highest BCUT2D eigenvalue weighted by atomic mass is 16.5. The van der Waals surface area contributed by atoms with E-state index in [4.69, 9.17) is 10.5 Å². The maximum Gasteiger partial charge on any atom is 0.142 e. The molecule has 1 aromatic rings. The van der Waals surface area contributed by atoms with Crippen molar-refractivity contribution < 1.29 is 4.74 Å². The molecule has 0 bridgehead atoms. The van der Waals surface area contributed by atoms with Crippen molar-refractivity contribution in [1.82, 2.24) is 0 Å². The van der Waals surface area contributed by atoms with Crippen molar-refractivity contribution in [3.8, 4) is 5.75 Å². The first-order chi connectivity index (χ1) is 9.04. The fourth-order valence-corrected chi connectivity index (χ4v) is 3.35. The number of benzene rings is 1. The van der Waals surface area contributed by atoms with E-state index in [-0.39, 0.29) is 5.54 Å². The molecule has 2 rings (SSSR count). The van der Waals surface area contributed by atoms with Gasteiger partial charge in [0.15, 0.2) is 0 Å². The fourth-order valence-electron chi connectivity index (χ4n) is 3.35. The molecule has 2 unspecified atom stereocenters. The average molecular weight is 262 g/mol. The summed E-state index contributed by atoms with van der Waals surface area (Å²) in [6, 6.07) is 8.13. The van der Waals surface area contributed by atoms with E-state index in [9.17, 15) is 0 Å². The van der Waals surface area contributed by atoms with Crippen LogP contribution < -0.4 is 15.4 Å². The third-order valence-electron chi connectivity index (χ3n) is 4.18. The smallest absolute Gasteiger partial charge is 0.142 e. The molecule has 1 aliphatic rings. The van der Waals surface area contributed by atoms with Gasteiger partial charge < -0.3 is 15.4 Å². The molecule has 3 heteroatoms. The molecular formula is C16H26N2O. The number of para-hydroxylation sites is 2. The van der Waals surface area contributed by atoms with Gasteiger partial charge in [-0.2, -0.15) is 0 Å². The minimum Gasteiger partial charge on any atom is -0.495 e. The van der Waals surface area contributed by atoms with E-state index in [1.54, 1.807) is 7.11 Å². The van der Waals surface area contributed by atoms with Crippen molar-refractivity contribution in [3.63, 3.8) is 0 Å². The summed E-state index contributed by atoms with van der Waals surface area (Å²) in [5, 5.41) is 0. The molecule has 106 valence electrons. The first-order valence-corrected chi connectivity index (χ1v) is 7.17. The summed E-state index contributed by atoms with van der Waals surface area (Å²) in [7, 11) is 3.82. The van der Waals surface area contributed by atoms with Gasteiger partial charge in [-0.25, -0.2) is 0 Å². The number of rotatable bonds is 4. The van der Waals surface area contributed by atoms with Crippen molar-refractivity contribution in [2.45, 2.75) is 38.1 Å². The average Bonchev–Trinajstić information content (AvgIpc) is 2.37. The lowest BCUT2D eigenvalue weighted by atomic mass is 9.77. The van der Waals surface area contributed by atoms with Crippen molar-refractivity contribution in [3.05, 3.63) is 24.3 Å². The third-order valence-corrected chi connectivity index (χ3v) is 4.18. The Labute approximate surface area is 116 Å². The van der Waals surface area contributed by atoms with E-state index < -0.39 is 0 Å². The minimum atomic E-state index is -0.0622. The maximum absolute atomic E-state index is 6.60. The van der Waals surface area contributed by atoms with Gasteiger partial charge in [-0.15, -0.1) is 0 Å². The van der Waals surface area contributed by atoms with Crippen LogP contribution in [0.3, 0.4) is 0 Å². The summed E-state index contributed by atoms with van der Waals surface area (Å²) < 4.78 is 5.43. The molecule has 0 saturated heterocycles. The lowest BCUT2D eigenvalue weighted by Gasteiger charge is -2.40. The Morgan fingerprint density at radius 1 is 1.42 bits per heavy atom. The van der Waals surface area contributed by atoms with Crippen LogP contribution in [-0.2, 0) is 0 Å². The quantitative estimate of drug-likeness (QED) is 0.906. The summed E-state index contributed by atoms with van der Waals surface area (Å²) in [5.74, 6) is 1.65. The van der Waals surface area contributed by atoms with Gasteiger partial charge in [0.25, 0.3) is 0 Å². The molecule has 0 aromatic heterocycles. The van der Waals surface area contributed by atoms with Crippen molar-refractivity contribution in [1.29, 1.82) is 0 Å². The summed E-state index contributed by atoms with van der Waals surface area (Å²) in [6.45, 7) is 3.20. The lowest BCUT2D eigenvalue weighted by Crippen LogP contribution is -2.52. The molecule has 2 N–H and O–H groups in total. The van der Waals surface area contributed by atoms with Crippen LogP contribution in [0.15, 0.2) is 24.3 Å². The first-order valence-electron chi connectivity index (χ1n) is 7.17. The number of nitrogens with two attached hydrogens (primary N) is 1. The number of hydrogen-bond acceptors (Lipinski definition) is 3. The Morgan fingerprint density at radius 3 is 2.84 bits per heavy atom. The number of ether oxygens (including phenoxy) is 1. The predicted molar refractivity (Wildman–Crippen MR) is 80.8 cm³/mol. The van der Waals surface area contributed by atoms with E-state index in [1.165, 1.54) is 12.8 Å². The lowest BCUT2D eigenvalue weighted by molar-refractivity contribution is 0.241. The van der Waals surface area contributed by atoms with Gasteiger partial charge in [0.1, 0.15) is 5.75 Å². The van der Waals surface area contributed by atoms with Crippen LogP contribution >= 0.6 is 0 Å². The molecule has 0 spiro atoms. The van der Waals surface area contributed by atoms with E-state index in [0.717, 1.165) is 36.7 Å². The number of nitrogens with zero attached hydrogens (tertiary/aromatic N) is 1. The molecule has 1 saturated carbocycles. The Kier molecular flexibility index (Phi) is 4.35. The third kappa shape index (κ3) is 3.41. The highest BCUT2D eigenvalue weighted by Gasteiger charge is 2.32. The van der Waals surface area contributed by atoms with Crippen molar-refractivity contribution in [2.24, 2.45) is 11.7 Å². The fraction of sp³-hybridized carbons (Fsp3) is 0.625. The number of anilines is 1. The standard InChI is InChI=1S/C16H26N2O/c1-13-7-6-10-16(17,11-13)12-18(2)14-8-4-5-9-15(14)19-3/h4-5,8-9,13H,6-7,10-12,17H2,1-3H3. The van der Waals surface area contributed by atoms with E-state index in [2.05, 4.69) is 24.9 Å². The minimum absolute atomic E-state index is 0.0622. The molecule has 0 amide bonds. The molecule has 1 aliphatic carbocycles. The maximum atomic E-state index is 6.60. The first kappa shape index (κ1) is 14.2. The van der Waals surface area contributed by atoms with Gasteiger partial charge >= 0.3 is 0 Å². The molecular weight excluding hydrogens is 236 g/mol. The Bertz CT molecular complexity index is 421. The second kappa shape index (κ2) is 5.83. The molecule has 1 fully saturated rings. The molecule has 0 aliphatic heterocycles. The highest BCUT2D eigenvalue weighted by molar-refractivity contribution is 5.58. The van der Waals surface area contributed by atoms with Gasteiger partial charge in [0.2, 0.25) is 0 Å². The van der Waals surface area contributed by atoms with E-state index in [1.807, 2.05) is 18.2 Å². The topological polar surface area (TPSA) is 38.5 Å². The van der Waals surface area contributed by atoms with Crippen LogP contribution in [0.2, 0.25) is 0 Å².